The Morgan fingerprint density at radius 1 is 1.04 bits per heavy atom. The molecule has 1 N–H and O–H groups in total. The molecule has 0 aliphatic carbocycles. The van der Waals surface area contributed by atoms with Crippen molar-refractivity contribution in [2.75, 3.05) is 6.54 Å². The average Bonchev–Trinajstić information content (AvgIpc) is 2.99. The van der Waals surface area contributed by atoms with E-state index in [-0.39, 0.29) is 12.3 Å². The molecule has 0 saturated heterocycles. The van der Waals surface area contributed by atoms with Gasteiger partial charge in [0.05, 0.1) is 11.4 Å². The average molecular weight is 340 g/mol. The molecule has 5 nitrogen and oxygen atoms in total. The molecule has 1 amide bonds. The van der Waals surface area contributed by atoms with Crippen LogP contribution in [-0.4, -0.2) is 27.0 Å². The number of amides is 1. The molecule has 0 unspecified atom stereocenters. The number of hydrogen-bond donors (Lipinski definition) is 1. The molecule has 0 spiro atoms. The van der Waals surface area contributed by atoms with E-state index in [9.17, 15) is 13.6 Å². The second-order valence-electron chi connectivity index (χ2n) is 5.86. The van der Waals surface area contributed by atoms with Gasteiger partial charge in [-0.3, -0.25) is 4.79 Å². The third-order valence-electron chi connectivity index (χ3n) is 4.13. The Morgan fingerprint density at radius 2 is 1.80 bits per heavy atom. The summed E-state index contributed by atoms with van der Waals surface area (Å²) in [6.07, 6.45) is 1.71. The standard InChI is InChI=1S/C18H14F2N4O/c19-12-5-11(6-13(20)8-12)7-14-9-15(23-10-22-14)16-1-2-17-18(25)21-3-4-24(16)17/h1-2,5-6,8-10H,3-4,7H2,(H,21,25). The molecule has 0 bridgehead atoms. The lowest BCUT2D eigenvalue weighted by Gasteiger charge is -2.18. The summed E-state index contributed by atoms with van der Waals surface area (Å²) >= 11 is 0. The fraction of sp³-hybridized carbons (Fsp3) is 0.167. The van der Waals surface area contributed by atoms with Crippen LogP contribution in [0.3, 0.4) is 0 Å². The molecule has 1 aliphatic heterocycles. The van der Waals surface area contributed by atoms with Gasteiger partial charge in [0.15, 0.2) is 0 Å². The molecule has 126 valence electrons. The Bertz CT molecular complexity index is 947. The van der Waals surface area contributed by atoms with Crippen LogP contribution in [0, 0.1) is 11.6 Å². The lowest BCUT2D eigenvalue weighted by Crippen LogP contribution is -2.35. The van der Waals surface area contributed by atoms with E-state index >= 15 is 0 Å². The number of rotatable bonds is 3. The van der Waals surface area contributed by atoms with E-state index in [1.807, 2.05) is 10.6 Å². The summed E-state index contributed by atoms with van der Waals surface area (Å²) in [6.45, 7) is 1.23. The van der Waals surface area contributed by atoms with Gasteiger partial charge in [0.25, 0.3) is 5.91 Å². The minimum atomic E-state index is -0.615. The van der Waals surface area contributed by atoms with Crippen LogP contribution >= 0.6 is 0 Å². The first-order chi connectivity index (χ1) is 12.1. The number of aromatic nitrogens is 3. The predicted octanol–water partition coefficient (Wildman–Crippen LogP) is 2.56. The highest BCUT2D eigenvalue weighted by atomic mass is 19.1. The SMILES string of the molecule is O=C1NCCn2c1ccc2-c1cc(Cc2cc(F)cc(F)c2)ncn1. The van der Waals surface area contributed by atoms with E-state index in [2.05, 4.69) is 15.3 Å². The van der Waals surface area contributed by atoms with Crippen molar-refractivity contribution in [1.82, 2.24) is 19.9 Å². The van der Waals surface area contributed by atoms with Crippen LogP contribution < -0.4 is 5.32 Å². The van der Waals surface area contributed by atoms with Crippen LogP contribution in [0.4, 0.5) is 8.78 Å². The Balaban J connectivity index is 1.67. The number of fused-ring (bicyclic) bond motifs is 1. The summed E-state index contributed by atoms with van der Waals surface area (Å²) < 4.78 is 28.6. The van der Waals surface area contributed by atoms with E-state index in [1.165, 1.54) is 18.5 Å². The van der Waals surface area contributed by atoms with Crippen LogP contribution in [0.2, 0.25) is 0 Å². The number of hydrogen-bond acceptors (Lipinski definition) is 3. The molecule has 0 radical (unpaired) electrons. The van der Waals surface area contributed by atoms with Crippen molar-refractivity contribution in [2.45, 2.75) is 13.0 Å². The van der Waals surface area contributed by atoms with Crippen molar-refractivity contribution in [3.8, 4) is 11.4 Å². The van der Waals surface area contributed by atoms with Crippen molar-refractivity contribution in [3.05, 3.63) is 71.3 Å². The maximum absolute atomic E-state index is 13.3. The fourth-order valence-electron chi connectivity index (χ4n) is 3.06. The first-order valence-corrected chi connectivity index (χ1v) is 7.84. The van der Waals surface area contributed by atoms with E-state index in [0.717, 1.165) is 11.8 Å². The summed E-state index contributed by atoms with van der Waals surface area (Å²) in [7, 11) is 0. The van der Waals surface area contributed by atoms with E-state index in [4.69, 9.17) is 0 Å². The number of carbonyl (C=O) groups is 1. The van der Waals surface area contributed by atoms with Gasteiger partial charge in [-0.1, -0.05) is 0 Å². The molecule has 4 rings (SSSR count). The van der Waals surface area contributed by atoms with Crippen molar-refractivity contribution >= 4 is 5.91 Å². The van der Waals surface area contributed by atoms with Gasteiger partial charge in [-0.25, -0.2) is 18.7 Å². The van der Waals surface area contributed by atoms with Gasteiger partial charge in [0.2, 0.25) is 0 Å². The van der Waals surface area contributed by atoms with Crippen LogP contribution in [-0.2, 0) is 13.0 Å². The number of nitrogens with zero attached hydrogens (tertiary/aromatic N) is 3. The monoisotopic (exact) mass is 340 g/mol. The molecular formula is C18H14F2N4O. The van der Waals surface area contributed by atoms with Crippen molar-refractivity contribution in [2.24, 2.45) is 0 Å². The lowest BCUT2D eigenvalue weighted by atomic mass is 10.1. The maximum Gasteiger partial charge on any atom is 0.267 e. The van der Waals surface area contributed by atoms with Crippen molar-refractivity contribution in [1.29, 1.82) is 0 Å². The van der Waals surface area contributed by atoms with Gasteiger partial charge in [-0.05, 0) is 35.9 Å². The molecule has 1 aromatic carbocycles. The molecule has 25 heavy (non-hydrogen) atoms. The molecule has 2 aromatic heterocycles. The number of benzene rings is 1. The minimum absolute atomic E-state index is 0.109. The quantitative estimate of drug-likeness (QED) is 0.797. The zero-order valence-electron chi connectivity index (χ0n) is 13.2. The smallest absolute Gasteiger partial charge is 0.267 e. The van der Waals surface area contributed by atoms with Gasteiger partial charge in [-0.2, -0.15) is 0 Å². The summed E-state index contributed by atoms with van der Waals surface area (Å²) in [6, 6.07) is 8.79. The highest BCUT2D eigenvalue weighted by Crippen LogP contribution is 2.23. The van der Waals surface area contributed by atoms with E-state index in [0.29, 0.717) is 35.7 Å². The zero-order valence-corrected chi connectivity index (χ0v) is 13.2. The van der Waals surface area contributed by atoms with Gasteiger partial charge < -0.3 is 9.88 Å². The largest absolute Gasteiger partial charge is 0.349 e. The van der Waals surface area contributed by atoms with E-state index in [1.54, 1.807) is 12.1 Å². The number of nitrogens with one attached hydrogen (secondary N) is 1. The molecule has 0 fully saturated rings. The normalized spacial score (nSPS) is 13.4. The third-order valence-corrected chi connectivity index (χ3v) is 4.13. The van der Waals surface area contributed by atoms with Crippen molar-refractivity contribution < 1.29 is 13.6 Å². The lowest BCUT2D eigenvalue weighted by molar-refractivity contribution is 0.0928. The summed E-state index contributed by atoms with van der Waals surface area (Å²) in [4.78, 5) is 20.3. The molecule has 0 atom stereocenters. The van der Waals surface area contributed by atoms with Crippen LogP contribution in [0.5, 0.6) is 0 Å². The Hall–Kier alpha value is -3.09. The molecule has 3 heterocycles. The minimum Gasteiger partial charge on any atom is -0.349 e. The van der Waals surface area contributed by atoms with Crippen LogP contribution in [0.1, 0.15) is 21.7 Å². The molecule has 3 aromatic rings. The number of halogens is 2. The first kappa shape index (κ1) is 15.4. The van der Waals surface area contributed by atoms with Crippen LogP contribution in [0.15, 0.2) is 42.7 Å². The summed E-state index contributed by atoms with van der Waals surface area (Å²) in [5.41, 5.74) is 3.22. The predicted molar refractivity (Wildman–Crippen MR) is 87.0 cm³/mol. The summed E-state index contributed by atoms with van der Waals surface area (Å²) in [5.74, 6) is -1.34. The second-order valence-corrected chi connectivity index (χ2v) is 5.86. The van der Waals surface area contributed by atoms with Gasteiger partial charge >= 0.3 is 0 Å². The molecule has 0 saturated carbocycles. The third kappa shape index (κ3) is 3.00. The maximum atomic E-state index is 13.3. The highest BCUT2D eigenvalue weighted by molar-refractivity contribution is 5.94. The topological polar surface area (TPSA) is 59.8 Å². The first-order valence-electron chi connectivity index (χ1n) is 7.84. The Labute approximate surface area is 142 Å². The van der Waals surface area contributed by atoms with Gasteiger partial charge in [0, 0.05) is 31.3 Å². The molecule has 7 heteroatoms. The van der Waals surface area contributed by atoms with Crippen LogP contribution in [0.25, 0.3) is 11.4 Å². The zero-order chi connectivity index (χ0) is 17.4. The van der Waals surface area contributed by atoms with Gasteiger partial charge in [0.1, 0.15) is 23.7 Å². The van der Waals surface area contributed by atoms with E-state index < -0.39 is 11.6 Å². The Morgan fingerprint density at radius 3 is 2.60 bits per heavy atom. The number of carbonyl (C=O) groups excluding carboxylic acids is 1. The highest BCUT2D eigenvalue weighted by Gasteiger charge is 2.20. The Kier molecular flexibility index (Phi) is 3.76. The second kappa shape index (κ2) is 6.08. The fourth-order valence-corrected chi connectivity index (χ4v) is 3.06. The molecule has 1 aliphatic rings. The summed E-state index contributed by atoms with van der Waals surface area (Å²) in [5, 5.41) is 2.79. The molecular weight excluding hydrogens is 326 g/mol. The van der Waals surface area contributed by atoms with Gasteiger partial charge in [-0.15, -0.1) is 0 Å². The van der Waals surface area contributed by atoms with Crippen molar-refractivity contribution in [3.63, 3.8) is 0 Å².